The van der Waals surface area contributed by atoms with Crippen LogP contribution in [0.3, 0.4) is 0 Å². The Hall–Kier alpha value is -1.00. The molecule has 0 heterocycles. The molecule has 3 nitrogen and oxygen atoms in total. The Bertz CT molecular complexity index is 295. The SMILES string of the molecule is COCCOC(=O)c1ccc(S)cc1. The number of esters is 1. The smallest absolute Gasteiger partial charge is 0.338 e. The maximum Gasteiger partial charge on any atom is 0.338 e. The zero-order valence-electron chi connectivity index (χ0n) is 7.90. The van der Waals surface area contributed by atoms with Gasteiger partial charge in [0.15, 0.2) is 0 Å². The summed E-state index contributed by atoms with van der Waals surface area (Å²) in [6.07, 6.45) is 0. The van der Waals surface area contributed by atoms with E-state index in [0.717, 1.165) is 4.90 Å². The largest absolute Gasteiger partial charge is 0.460 e. The van der Waals surface area contributed by atoms with E-state index in [-0.39, 0.29) is 12.6 Å². The second kappa shape index (κ2) is 5.67. The van der Waals surface area contributed by atoms with Crippen molar-refractivity contribution in [3.8, 4) is 0 Å². The number of benzene rings is 1. The Kier molecular flexibility index (Phi) is 4.49. The Balaban J connectivity index is 2.48. The number of carbonyl (C=O) groups excluding carboxylic acids is 1. The monoisotopic (exact) mass is 212 g/mol. The van der Waals surface area contributed by atoms with Crippen molar-refractivity contribution in [2.75, 3.05) is 20.3 Å². The highest BCUT2D eigenvalue weighted by Crippen LogP contribution is 2.08. The van der Waals surface area contributed by atoms with Crippen LogP contribution in [0.4, 0.5) is 0 Å². The molecule has 0 atom stereocenters. The van der Waals surface area contributed by atoms with Gasteiger partial charge in [-0.1, -0.05) is 0 Å². The Labute approximate surface area is 88.4 Å². The first-order valence-electron chi connectivity index (χ1n) is 4.19. The van der Waals surface area contributed by atoms with Crippen molar-refractivity contribution in [1.29, 1.82) is 0 Å². The van der Waals surface area contributed by atoms with Gasteiger partial charge in [0.1, 0.15) is 6.61 Å². The van der Waals surface area contributed by atoms with Crippen LogP contribution in [0.2, 0.25) is 0 Å². The molecule has 0 unspecified atom stereocenters. The van der Waals surface area contributed by atoms with Gasteiger partial charge in [-0.25, -0.2) is 4.79 Å². The second-order valence-corrected chi connectivity index (χ2v) is 3.19. The summed E-state index contributed by atoms with van der Waals surface area (Å²) in [6, 6.07) is 6.85. The summed E-state index contributed by atoms with van der Waals surface area (Å²) >= 11 is 4.11. The topological polar surface area (TPSA) is 35.5 Å². The molecule has 0 bridgehead atoms. The van der Waals surface area contributed by atoms with Gasteiger partial charge in [0, 0.05) is 12.0 Å². The van der Waals surface area contributed by atoms with E-state index in [0.29, 0.717) is 12.2 Å². The van der Waals surface area contributed by atoms with Crippen LogP contribution in [0.5, 0.6) is 0 Å². The van der Waals surface area contributed by atoms with Crippen molar-refractivity contribution in [3.63, 3.8) is 0 Å². The molecule has 1 aromatic carbocycles. The molecule has 0 aliphatic carbocycles. The number of ether oxygens (including phenoxy) is 2. The van der Waals surface area contributed by atoms with Crippen LogP contribution in [-0.4, -0.2) is 26.3 Å². The molecule has 0 fully saturated rings. The third kappa shape index (κ3) is 3.40. The van der Waals surface area contributed by atoms with Crippen molar-refractivity contribution < 1.29 is 14.3 Å². The summed E-state index contributed by atoms with van der Waals surface area (Å²) in [5.74, 6) is -0.338. The van der Waals surface area contributed by atoms with E-state index in [1.54, 1.807) is 31.4 Å². The van der Waals surface area contributed by atoms with Crippen LogP contribution in [-0.2, 0) is 9.47 Å². The number of thiol groups is 1. The second-order valence-electron chi connectivity index (χ2n) is 2.68. The van der Waals surface area contributed by atoms with Crippen LogP contribution in [0.1, 0.15) is 10.4 Å². The highest BCUT2D eigenvalue weighted by atomic mass is 32.1. The van der Waals surface area contributed by atoms with Crippen LogP contribution in [0, 0.1) is 0 Å². The molecule has 0 aliphatic heterocycles. The molecule has 76 valence electrons. The molecule has 1 rings (SSSR count). The molecule has 0 radical (unpaired) electrons. The van der Waals surface area contributed by atoms with E-state index in [1.165, 1.54) is 0 Å². The molecular weight excluding hydrogens is 200 g/mol. The fourth-order valence-electron chi connectivity index (χ4n) is 0.899. The first-order valence-corrected chi connectivity index (χ1v) is 4.64. The molecule has 14 heavy (non-hydrogen) atoms. The third-order valence-electron chi connectivity index (χ3n) is 1.62. The van der Waals surface area contributed by atoms with Crippen LogP contribution in [0.25, 0.3) is 0 Å². The van der Waals surface area contributed by atoms with Gasteiger partial charge in [-0.05, 0) is 24.3 Å². The summed E-state index contributed by atoms with van der Waals surface area (Å²) in [7, 11) is 1.56. The molecule has 0 aliphatic rings. The predicted molar refractivity (Wildman–Crippen MR) is 55.9 cm³/mol. The molecule has 0 N–H and O–H groups in total. The summed E-state index contributed by atoms with van der Waals surface area (Å²) in [4.78, 5) is 12.1. The summed E-state index contributed by atoms with van der Waals surface area (Å²) in [6.45, 7) is 0.689. The molecule has 4 heteroatoms. The number of carbonyl (C=O) groups is 1. The number of hydrogen-bond acceptors (Lipinski definition) is 4. The van der Waals surface area contributed by atoms with Crippen LogP contribution >= 0.6 is 12.6 Å². The van der Waals surface area contributed by atoms with Crippen molar-refractivity contribution in [2.45, 2.75) is 4.90 Å². The zero-order valence-corrected chi connectivity index (χ0v) is 8.79. The summed E-state index contributed by atoms with van der Waals surface area (Å²) in [5, 5.41) is 0. The minimum absolute atomic E-state index is 0.276. The quantitative estimate of drug-likeness (QED) is 0.469. The lowest BCUT2D eigenvalue weighted by Gasteiger charge is -2.03. The predicted octanol–water partition coefficient (Wildman–Crippen LogP) is 1.78. The van der Waals surface area contributed by atoms with Gasteiger partial charge in [-0.2, -0.15) is 0 Å². The molecule has 0 saturated heterocycles. The van der Waals surface area contributed by atoms with Gasteiger partial charge in [-0.15, -0.1) is 12.6 Å². The van der Waals surface area contributed by atoms with Gasteiger partial charge in [0.05, 0.1) is 12.2 Å². The first-order chi connectivity index (χ1) is 6.74. The number of methoxy groups -OCH3 is 1. The Morgan fingerprint density at radius 3 is 2.50 bits per heavy atom. The standard InChI is InChI=1S/C10H12O3S/c1-12-6-7-13-10(11)8-2-4-9(14)5-3-8/h2-5,14H,6-7H2,1H3. The maximum atomic E-state index is 11.3. The lowest BCUT2D eigenvalue weighted by Crippen LogP contribution is -2.09. The van der Waals surface area contributed by atoms with E-state index in [9.17, 15) is 4.79 Å². The fraction of sp³-hybridized carbons (Fsp3) is 0.300. The van der Waals surface area contributed by atoms with E-state index in [2.05, 4.69) is 12.6 Å². The molecule has 0 aromatic heterocycles. The van der Waals surface area contributed by atoms with E-state index in [1.807, 2.05) is 0 Å². The highest BCUT2D eigenvalue weighted by Gasteiger charge is 2.05. The van der Waals surface area contributed by atoms with Crippen molar-refractivity contribution in [3.05, 3.63) is 29.8 Å². The average Bonchev–Trinajstić information content (AvgIpc) is 2.19. The molecule has 0 amide bonds. The Morgan fingerprint density at radius 1 is 1.29 bits per heavy atom. The highest BCUT2D eigenvalue weighted by molar-refractivity contribution is 7.80. The van der Waals surface area contributed by atoms with Crippen molar-refractivity contribution >= 4 is 18.6 Å². The van der Waals surface area contributed by atoms with Gasteiger partial charge >= 0.3 is 5.97 Å². The van der Waals surface area contributed by atoms with Crippen LogP contribution < -0.4 is 0 Å². The van der Waals surface area contributed by atoms with E-state index < -0.39 is 0 Å². The lowest BCUT2D eigenvalue weighted by atomic mass is 10.2. The minimum Gasteiger partial charge on any atom is -0.460 e. The van der Waals surface area contributed by atoms with E-state index in [4.69, 9.17) is 9.47 Å². The van der Waals surface area contributed by atoms with E-state index >= 15 is 0 Å². The number of hydrogen-bond donors (Lipinski definition) is 1. The molecule has 0 saturated carbocycles. The summed E-state index contributed by atoms with van der Waals surface area (Å²) < 4.78 is 9.68. The van der Waals surface area contributed by atoms with Gasteiger partial charge < -0.3 is 9.47 Å². The fourth-order valence-corrected chi connectivity index (χ4v) is 1.05. The minimum atomic E-state index is -0.338. The zero-order chi connectivity index (χ0) is 10.4. The summed E-state index contributed by atoms with van der Waals surface area (Å²) in [5.41, 5.74) is 0.527. The van der Waals surface area contributed by atoms with Crippen molar-refractivity contribution in [2.24, 2.45) is 0 Å². The lowest BCUT2D eigenvalue weighted by molar-refractivity contribution is 0.0388. The first kappa shape index (κ1) is 11.1. The molecule has 0 spiro atoms. The Morgan fingerprint density at radius 2 is 1.93 bits per heavy atom. The molecular formula is C10H12O3S. The van der Waals surface area contributed by atoms with Gasteiger partial charge in [0.2, 0.25) is 0 Å². The third-order valence-corrected chi connectivity index (χ3v) is 1.92. The van der Waals surface area contributed by atoms with Crippen molar-refractivity contribution in [1.82, 2.24) is 0 Å². The van der Waals surface area contributed by atoms with Gasteiger partial charge in [-0.3, -0.25) is 0 Å². The number of rotatable bonds is 4. The van der Waals surface area contributed by atoms with Gasteiger partial charge in [0.25, 0.3) is 0 Å². The molecule has 1 aromatic rings. The van der Waals surface area contributed by atoms with Crippen LogP contribution in [0.15, 0.2) is 29.2 Å². The normalized spacial score (nSPS) is 9.86. The average molecular weight is 212 g/mol. The maximum absolute atomic E-state index is 11.3.